The van der Waals surface area contributed by atoms with Crippen LogP contribution in [0.15, 0.2) is 41.0 Å². The average Bonchev–Trinajstić information content (AvgIpc) is 2.47. The molecule has 1 aromatic heterocycles. The van der Waals surface area contributed by atoms with Gasteiger partial charge in [0.15, 0.2) is 0 Å². The highest BCUT2D eigenvalue weighted by Crippen LogP contribution is 2.21. The fraction of sp³-hybridized carbons (Fsp3) is 0.100. The first kappa shape index (κ1) is 8.51. The van der Waals surface area contributed by atoms with Crippen molar-refractivity contribution in [1.29, 1.82) is 0 Å². The van der Waals surface area contributed by atoms with Gasteiger partial charge in [-0.2, -0.15) is 5.10 Å². The molecule has 0 atom stereocenters. The summed E-state index contributed by atoms with van der Waals surface area (Å²) in [5.41, 5.74) is 2.30. The number of halogens is 1. The second kappa shape index (κ2) is 3.34. The fourth-order valence-electron chi connectivity index (χ4n) is 1.31. The smallest absolute Gasteiger partial charge is 0.128 e. The van der Waals surface area contributed by atoms with E-state index in [2.05, 4.69) is 33.2 Å². The Balaban J connectivity index is 2.53. The Morgan fingerprint density at radius 3 is 2.46 bits per heavy atom. The lowest BCUT2D eigenvalue weighted by atomic mass is 10.1. The largest absolute Gasteiger partial charge is 0.267 e. The van der Waals surface area contributed by atoms with Crippen LogP contribution in [0.25, 0.3) is 11.3 Å². The van der Waals surface area contributed by atoms with Crippen LogP contribution < -0.4 is 0 Å². The lowest BCUT2D eigenvalue weighted by Crippen LogP contribution is -1.92. The molecule has 2 nitrogen and oxygen atoms in total. The average molecular weight is 237 g/mol. The zero-order valence-electron chi connectivity index (χ0n) is 7.24. The molecule has 0 aliphatic rings. The summed E-state index contributed by atoms with van der Waals surface area (Å²) >= 11 is 3.35. The van der Waals surface area contributed by atoms with Crippen molar-refractivity contribution in [2.45, 2.75) is 0 Å². The molecule has 0 spiro atoms. The Kier molecular flexibility index (Phi) is 2.19. The van der Waals surface area contributed by atoms with E-state index < -0.39 is 0 Å². The van der Waals surface area contributed by atoms with Gasteiger partial charge in [0.25, 0.3) is 0 Å². The summed E-state index contributed by atoms with van der Waals surface area (Å²) in [6.07, 6.45) is 0. The number of hydrogen-bond donors (Lipinski definition) is 0. The molecule has 0 radical (unpaired) electrons. The fourth-order valence-corrected chi connectivity index (χ4v) is 1.77. The molecule has 0 amide bonds. The number of hydrogen-bond acceptors (Lipinski definition) is 1. The summed E-state index contributed by atoms with van der Waals surface area (Å²) in [5, 5.41) is 4.22. The Morgan fingerprint density at radius 1 is 1.23 bits per heavy atom. The zero-order valence-corrected chi connectivity index (χ0v) is 8.82. The second-order valence-corrected chi connectivity index (χ2v) is 3.65. The van der Waals surface area contributed by atoms with E-state index >= 15 is 0 Å². The molecule has 1 heterocycles. The lowest BCUT2D eigenvalue weighted by Gasteiger charge is -1.99. The molecule has 0 unspecified atom stereocenters. The predicted molar refractivity (Wildman–Crippen MR) is 56.3 cm³/mol. The van der Waals surface area contributed by atoms with Gasteiger partial charge in [0, 0.05) is 7.05 Å². The van der Waals surface area contributed by atoms with Gasteiger partial charge in [-0.1, -0.05) is 30.3 Å². The van der Waals surface area contributed by atoms with E-state index in [0.29, 0.717) is 0 Å². The molecule has 3 heteroatoms. The summed E-state index contributed by atoms with van der Waals surface area (Å²) in [6, 6.07) is 12.2. The van der Waals surface area contributed by atoms with E-state index in [-0.39, 0.29) is 0 Å². The number of nitrogens with zero attached hydrogens (tertiary/aromatic N) is 2. The van der Waals surface area contributed by atoms with Crippen molar-refractivity contribution in [1.82, 2.24) is 9.78 Å². The second-order valence-electron chi connectivity index (χ2n) is 2.84. The van der Waals surface area contributed by atoms with Crippen LogP contribution in [0.2, 0.25) is 0 Å². The van der Waals surface area contributed by atoms with Gasteiger partial charge in [-0.25, -0.2) is 0 Å². The van der Waals surface area contributed by atoms with Gasteiger partial charge in [0.2, 0.25) is 0 Å². The van der Waals surface area contributed by atoms with Crippen LogP contribution >= 0.6 is 15.9 Å². The molecule has 0 bridgehead atoms. The highest BCUT2D eigenvalue weighted by Gasteiger charge is 2.03. The lowest BCUT2D eigenvalue weighted by molar-refractivity contribution is 0.768. The van der Waals surface area contributed by atoms with Gasteiger partial charge in [-0.3, -0.25) is 4.68 Å². The van der Waals surface area contributed by atoms with Gasteiger partial charge in [0.1, 0.15) is 4.60 Å². The molecule has 13 heavy (non-hydrogen) atoms. The maximum Gasteiger partial charge on any atom is 0.128 e. The first-order valence-electron chi connectivity index (χ1n) is 4.02. The minimum absolute atomic E-state index is 0.869. The van der Waals surface area contributed by atoms with Crippen LogP contribution in [-0.2, 0) is 7.05 Å². The van der Waals surface area contributed by atoms with E-state index in [0.717, 1.165) is 10.3 Å². The van der Waals surface area contributed by atoms with Crippen molar-refractivity contribution in [2.75, 3.05) is 0 Å². The Bertz CT molecular complexity index is 406. The maximum atomic E-state index is 4.22. The highest BCUT2D eigenvalue weighted by atomic mass is 79.9. The van der Waals surface area contributed by atoms with Gasteiger partial charge < -0.3 is 0 Å². The van der Waals surface area contributed by atoms with E-state index in [4.69, 9.17) is 0 Å². The summed E-state index contributed by atoms with van der Waals surface area (Å²) in [4.78, 5) is 0. The SMILES string of the molecule is Cn1nc(Br)cc1-c1ccccc1. The summed E-state index contributed by atoms with van der Waals surface area (Å²) in [6.45, 7) is 0. The van der Waals surface area contributed by atoms with E-state index in [1.54, 1.807) is 0 Å². The van der Waals surface area contributed by atoms with Crippen LogP contribution in [0.4, 0.5) is 0 Å². The van der Waals surface area contributed by atoms with Gasteiger partial charge >= 0.3 is 0 Å². The van der Waals surface area contributed by atoms with E-state index in [1.807, 2.05) is 36.0 Å². The van der Waals surface area contributed by atoms with Crippen LogP contribution in [0.1, 0.15) is 0 Å². The molecular weight excluding hydrogens is 228 g/mol. The van der Waals surface area contributed by atoms with Gasteiger partial charge in [-0.15, -0.1) is 0 Å². The third kappa shape index (κ3) is 1.65. The zero-order chi connectivity index (χ0) is 9.26. The standard InChI is InChI=1S/C10H9BrN2/c1-13-9(7-10(11)12-13)8-5-3-2-4-6-8/h2-7H,1H3. The third-order valence-corrected chi connectivity index (χ3v) is 2.31. The van der Waals surface area contributed by atoms with E-state index in [9.17, 15) is 0 Å². The molecule has 0 saturated carbocycles. The normalized spacial score (nSPS) is 10.3. The molecule has 0 fully saturated rings. The van der Waals surface area contributed by atoms with Crippen LogP contribution in [0, 0.1) is 0 Å². The van der Waals surface area contributed by atoms with Crippen molar-refractivity contribution in [2.24, 2.45) is 7.05 Å². The minimum Gasteiger partial charge on any atom is -0.267 e. The van der Waals surface area contributed by atoms with Crippen molar-refractivity contribution in [3.63, 3.8) is 0 Å². The molecule has 0 aliphatic carbocycles. The van der Waals surface area contributed by atoms with Crippen LogP contribution in [-0.4, -0.2) is 9.78 Å². The van der Waals surface area contributed by atoms with Gasteiger partial charge in [-0.05, 0) is 27.6 Å². The van der Waals surface area contributed by atoms with Crippen molar-refractivity contribution < 1.29 is 0 Å². The topological polar surface area (TPSA) is 17.8 Å². The molecule has 2 aromatic rings. The number of aromatic nitrogens is 2. The monoisotopic (exact) mass is 236 g/mol. The summed E-state index contributed by atoms with van der Waals surface area (Å²) in [5.74, 6) is 0. The molecule has 66 valence electrons. The molecule has 0 aliphatic heterocycles. The Hall–Kier alpha value is -1.09. The number of rotatable bonds is 1. The number of aryl methyl sites for hydroxylation is 1. The summed E-state index contributed by atoms with van der Waals surface area (Å²) < 4.78 is 2.73. The van der Waals surface area contributed by atoms with Crippen LogP contribution in [0.3, 0.4) is 0 Å². The maximum absolute atomic E-state index is 4.22. The third-order valence-electron chi connectivity index (χ3n) is 1.92. The predicted octanol–water partition coefficient (Wildman–Crippen LogP) is 2.85. The molecule has 0 saturated heterocycles. The molecule has 2 rings (SSSR count). The van der Waals surface area contributed by atoms with E-state index in [1.165, 1.54) is 5.56 Å². The Labute approximate surface area is 85.3 Å². The van der Waals surface area contributed by atoms with Crippen molar-refractivity contribution in [3.05, 3.63) is 41.0 Å². The van der Waals surface area contributed by atoms with Crippen molar-refractivity contribution >= 4 is 15.9 Å². The highest BCUT2D eigenvalue weighted by molar-refractivity contribution is 9.10. The first-order valence-corrected chi connectivity index (χ1v) is 4.81. The Morgan fingerprint density at radius 2 is 1.92 bits per heavy atom. The molecule has 0 N–H and O–H groups in total. The molecule has 1 aromatic carbocycles. The summed E-state index contributed by atoms with van der Waals surface area (Å²) in [7, 11) is 1.94. The minimum atomic E-state index is 0.869. The molecular formula is C10H9BrN2. The van der Waals surface area contributed by atoms with Gasteiger partial charge in [0.05, 0.1) is 5.69 Å². The first-order chi connectivity index (χ1) is 6.27. The quantitative estimate of drug-likeness (QED) is 0.745. The number of benzene rings is 1. The van der Waals surface area contributed by atoms with Crippen molar-refractivity contribution in [3.8, 4) is 11.3 Å². The van der Waals surface area contributed by atoms with Crippen LogP contribution in [0.5, 0.6) is 0 Å².